The standard InChI is InChI=1S/C18H20N2O4/c1-11-8-9-13-14(15(21)16(22)20-13)12(11)7-5-6-10-19-17(23)24-18(2,3)4/h8-9H,6,10H2,1-4H3,(H,19,23)(H,20,21,22). The molecule has 0 fully saturated rings. The van der Waals surface area contributed by atoms with Crippen LogP contribution < -0.4 is 10.6 Å². The van der Waals surface area contributed by atoms with Gasteiger partial charge in [-0.25, -0.2) is 4.79 Å². The maximum atomic E-state index is 11.9. The van der Waals surface area contributed by atoms with Crippen LogP contribution in [0.15, 0.2) is 12.1 Å². The Morgan fingerprint density at radius 3 is 2.67 bits per heavy atom. The topological polar surface area (TPSA) is 84.5 Å². The molecule has 0 atom stereocenters. The van der Waals surface area contributed by atoms with Crippen LogP contribution in [0.4, 0.5) is 10.5 Å². The van der Waals surface area contributed by atoms with E-state index in [1.807, 2.05) is 6.92 Å². The molecule has 0 aromatic heterocycles. The zero-order valence-electron chi connectivity index (χ0n) is 14.2. The normalized spacial score (nSPS) is 12.8. The molecule has 0 saturated carbocycles. The number of hydrogen-bond donors (Lipinski definition) is 2. The van der Waals surface area contributed by atoms with Crippen molar-refractivity contribution in [1.82, 2.24) is 5.32 Å². The van der Waals surface area contributed by atoms with Gasteiger partial charge in [0.1, 0.15) is 5.60 Å². The summed E-state index contributed by atoms with van der Waals surface area (Å²) >= 11 is 0. The molecule has 0 spiro atoms. The van der Waals surface area contributed by atoms with Crippen molar-refractivity contribution in [2.75, 3.05) is 11.9 Å². The number of Topliss-reactive ketones (excluding diaryl/α,β-unsaturated/α-hetero) is 1. The van der Waals surface area contributed by atoms with E-state index in [4.69, 9.17) is 4.74 Å². The Morgan fingerprint density at radius 1 is 1.29 bits per heavy atom. The second-order valence-corrected chi connectivity index (χ2v) is 6.44. The minimum atomic E-state index is -0.634. The summed E-state index contributed by atoms with van der Waals surface area (Å²) in [6.45, 7) is 7.53. The third-order valence-corrected chi connectivity index (χ3v) is 3.23. The van der Waals surface area contributed by atoms with Gasteiger partial charge in [-0.15, -0.1) is 0 Å². The fourth-order valence-electron chi connectivity index (χ4n) is 2.19. The van der Waals surface area contributed by atoms with Crippen LogP contribution in [0.1, 0.15) is 48.7 Å². The van der Waals surface area contributed by atoms with Crippen LogP contribution in [-0.2, 0) is 9.53 Å². The van der Waals surface area contributed by atoms with Crippen LogP contribution >= 0.6 is 0 Å². The van der Waals surface area contributed by atoms with Crippen molar-refractivity contribution in [3.63, 3.8) is 0 Å². The van der Waals surface area contributed by atoms with E-state index in [-0.39, 0.29) is 0 Å². The number of ketones is 1. The second-order valence-electron chi connectivity index (χ2n) is 6.44. The molecule has 126 valence electrons. The molecule has 0 unspecified atom stereocenters. The largest absolute Gasteiger partial charge is 0.444 e. The molecule has 24 heavy (non-hydrogen) atoms. The average molecular weight is 328 g/mol. The number of amides is 2. The molecule has 1 heterocycles. The minimum absolute atomic E-state index is 0.326. The van der Waals surface area contributed by atoms with Crippen LogP contribution in [0.5, 0.6) is 0 Å². The number of carbonyl (C=O) groups is 3. The number of ether oxygens (including phenoxy) is 1. The molecule has 0 saturated heterocycles. The van der Waals surface area contributed by atoms with Gasteiger partial charge in [0.25, 0.3) is 11.7 Å². The molecule has 1 aromatic carbocycles. The number of hydrogen-bond acceptors (Lipinski definition) is 4. The minimum Gasteiger partial charge on any atom is -0.444 e. The van der Waals surface area contributed by atoms with Crippen molar-refractivity contribution in [2.45, 2.75) is 39.7 Å². The summed E-state index contributed by atoms with van der Waals surface area (Å²) < 4.78 is 5.12. The third kappa shape index (κ3) is 4.13. The number of aryl methyl sites for hydroxylation is 1. The van der Waals surface area contributed by atoms with Gasteiger partial charge in [-0.2, -0.15) is 0 Å². The smallest absolute Gasteiger partial charge is 0.407 e. The number of alkyl carbamates (subject to hydrolysis) is 1. The predicted molar refractivity (Wildman–Crippen MR) is 89.9 cm³/mol. The van der Waals surface area contributed by atoms with Gasteiger partial charge in [0.05, 0.1) is 11.3 Å². The number of carbonyl (C=O) groups excluding carboxylic acids is 3. The Hall–Kier alpha value is -2.81. The molecule has 1 aromatic rings. The second kappa shape index (κ2) is 6.75. The van der Waals surface area contributed by atoms with Crippen LogP contribution in [0.2, 0.25) is 0 Å². The molecule has 2 rings (SSSR count). The summed E-state index contributed by atoms with van der Waals surface area (Å²) in [5, 5.41) is 5.13. The van der Waals surface area contributed by atoms with Gasteiger partial charge >= 0.3 is 6.09 Å². The van der Waals surface area contributed by atoms with Crippen LogP contribution in [0.25, 0.3) is 0 Å². The first-order valence-corrected chi connectivity index (χ1v) is 7.64. The Bertz CT molecular complexity index is 764. The zero-order valence-corrected chi connectivity index (χ0v) is 14.2. The SMILES string of the molecule is Cc1ccc2c(c1C#CCCNC(=O)OC(C)(C)C)C(=O)C(=O)N2. The van der Waals surface area contributed by atoms with E-state index in [1.165, 1.54) is 0 Å². The number of rotatable bonds is 2. The first-order chi connectivity index (χ1) is 11.2. The molecule has 0 bridgehead atoms. The molecular formula is C18H20N2O4. The maximum Gasteiger partial charge on any atom is 0.407 e. The highest BCUT2D eigenvalue weighted by Gasteiger charge is 2.30. The van der Waals surface area contributed by atoms with E-state index in [9.17, 15) is 14.4 Å². The molecular weight excluding hydrogens is 308 g/mol. The first-order valence-electron chi connectivity index (χ1n) is 7.64. The molecule has 6 heteroatoms. The Balaban J connectivity index is 2.01. The van der Waals surface area contributed by atoms with E-state index in [1.54, 1.807) is 32.9 Å². The van der Waals surface area contributed by atoms with Gasteiger partial charge in [-0.1, -0.05) is 17.9 Å². The van der Waals surface area contributed by atoms with Crippen molar-refractivity contribution >= 4 is 23.5 Å². The van der Waals surface area contributed by atoms with Gasteiger partial charge in [0.15, 0.2) is 0 Å². The lowest BCUT2D eigenvalue weighted by Crippen LogP contribution is -2.32. The predicted octanol–water partition coefficient (Wildman–Crippen LogP) is 2.40. The summed E-state index contributed by atoms with van der Waals surface area (Å²) in [6.07, 6.45) is -0.0937. The quantitative estimate of drug-likeness (QED) is 0.496. The Labute approximate surface area is 141 Å². The van der Waals surface area contributed by atoms with Gasteiger partial charge in [-0.05, 0) is 39.3 Å². The highest BCUT2D eigenvalue weighted by molar-refractivity contribution is 6.52. The lowest BCUT2D eigenvalue weighted by molar-refractivity contribution is -0.112. The Morgan fingerprint density at radius 2 is 2.00 bits per heavy atom. The number of benzene rings is 1. The van der Waals surface area contributed by atoms with Gasteiger partial charge < -0.3 is 15.4 Å². The fourth-order valence-corrected chi connectivity index (χ4v) is 2.19. The average Bonchev–Trinajstić information content (AvgIpc) is 2.74. The van der Waals surface area contributed by atoms with Gasteiger partial charge in [-0.3, -0.25) is 9.59 Å². The van der Waals surface area contributed by atoms with E-state index in [0.717, 1.165) is 5.56 Å². The van der Waals surface area contributed by atoms with E-state index >= 15 is 0 Å². The summed E-state index contributed by atoms with van der Waals surface area (Å²) in [4.78, 5) is 34.9. The van der Waals surface area contributed by atoms with Crippen molar-refractivity contribution in [3.05, 3.63) is 28.8 Å². The monoisotopic (exact) mass is 328 g/mol. The summed E-state index contributed by atoms with van der Waals surface area (Å²) in [5.41, 5.74) is 1.65. The fraction of sp³-hybridized carbons (Fsp3) is 0.389. The van der Waals surface area contributed by atoms with Crippen LogP contribution in [0.3, 0.4) is 0 Å². The molecule has 2 N–H and O–H groups in total. The summed E-state index contributed by atoms with van der Waals surface area (Å²) in [5.74, 6) is 4.65. The molecule has 1 aliphatic rings. The van der Waals surface area contributed by atoms with Crippen LogP contribution in [0, 0.1) is 18.8 Å². The highest BCUT2D eigenvalue weighted by atomic mass is 16.6. The van der Waals surface area contributed by atoms with Crippen molar-refractivity contribution in [1.29, 1.82) is 0 Å². The highest BCUT2D eigenvalue weighted by Crippen LogP contribution is 2.28. The molecule has 0 radical (unpaired) electrons. The number of fused-ring (bicyclic) bond motifs is 1. The number of anilines is 1. The first kappa shape index (κ1) is 17.5. The molecule has 1 aliphatic heterocycles. The Kier molecular flexibility index (Phi) is 4.93. The van der Waals surface area contributed by atoms with Crippen molar-refractivity contribution in [3.8, 4) is 11.8 Å². The molecule has 6 nitrogen and oxygen atoms in total. The maximum absolute atomic E-state index is 11.9. The van der Waals surface area contributed by atoms with E-state index in [2.05, 4.69) is 22.5 Å². The molecule has 2 amide bonds. The van der Waals surface area contributed by atoms with Gasteiger partial charge in [0.2, 0.25) is 0 Å². The van der Waals surface area contributed by atoms with Crippen molar-refractivity contribution in [2.24, 2.45) is 0 Å². The summed E-state index contributed by atoms with van der Waals surface area (Å²) in [7, 11) is 0. The summed E-state index contributed by atoms with van der Waals surface area (Å²) in [6, 6.07) is 3.50. The lowest BCUT2D eigenvalue weighted by atomic mass is 9.99. The third-order valence-electron chi connectivity index (χ3n) is 3.23. The van der Waals surface area contributed by atoms with E-state index < -0.39 is 23.4 Å². The number of nitrogens with one attached hydrogen (secondary N) is 2. The zero-order chi connectivity index (χ0) is 17.9. The van der Waals surface area contributed by atoms with Gasteiger partial charge in [0, 0.05) is 18.5 Å². The van der Waals surface area contributed by atoms with E-state index in [0.29, 0.717) is 29.8 Å². The lowest BCUT2D eigenvalue weighted by Gasteiger charge is -2.19. The van der Waals surface area contributed by atoms with Crippen molar-refractivity contribution < 1.29 is 19.1 Å². The van der Waals surface area contributed by atoms with Crippen LogP contribution in [-0.4, -0.2) is 29.9 Å². The molecule has 0 aliphatic carbocycles.